The summed E-state index contributed by atoms with van der Waals surface area (Å²) in [5.74, 6) is 0. The van der Waals surface area contributed by atoms with Gasteiger partial charge in [0.05, 0.1) is 13.2 Å². The predicted octanol–water partition coefficient (Wildman–Crippen LogP) is 3.80. The smallest absolute Gasteiger partial charge is 0.0735 e. The number of ether oxygens (including phenoxy) is 1. The molecule has 0 saturated heterocycles. The Morgan fingerprint density at radius 2 is 2.00 bits per heavy atom. The first-order chi connectivity index (χ1) is 8.38. The van der Waals surface area contributed by atoms with Gasteiger partial charge in [-0.05, 0) is 38.0 Å². The Balaban J connectivity index is 2.26. The Morgan fingerprint density at radius 1 is 1.33 bits per heavy atom. The van der Waals surface area contributed by atoms with Crippen molar-refractivity contribution in [1.29, 1.82) is 0 Å². The quantitative estimate of drug-likeness (QED) is 0.792. The zero-order valence-electron chi connectivity index (χ0n) is 11.4. The zero-order valence-corrected chi connectivity index (χ0v) is 12.2. The summed E-state index contributed by atoms with van der Waals surface area (Å²) in [6.07, 6.45) is 0. The van der Waals surface area contributed by atoms with Gasteiger partial charge in [-0.3, -0.25) is 0 Å². The molecule has 100 valence electrons. The van der Waals surface area contributed by atoms with Crippen LogP contribution in [0.1, 0.15) is 26.3 Å². The summed E-state index contributed by atoms with van der Waals surface area (Å²) in [6.45, 7) is 12.2. The monoisotopic (exact) mass is 267 g/mol. The highest BCUT2D eigenvalue weighted by atomic mass is 35.5. The molecule has 0 bridgehead atoms. The van der Waals surface area contributed by atoms with E-state index in [1.807, 2.05) is 24.3 Å². The van der Waals surface area contributed by atoms with Gasteiger partial charge in [-0.1, -0.05) is 36.4 Å². The van der Waals surface area contributed by atoms with Gasteiger partial charge in [-0.2, -0.15) is 0 Å². The molecule has 2 nitrogen and oxygen atoms in total. The first-order valence-electron chi connectivity index (χ1n) is 6.11. The molecule has 3 heteroatoms. The topological polar surface area (TPSA) is 21.3 Å². The number of hydrogen-bond donors (Lipinski definition) is 1. The van der Waals surface area contributed by atoms with Crippen molar-refractivity contribution in [3.63, 3.8) is 0 Å². The SMILES string of the molecule is C=C(CNC(C)(C)C)COCc1ccccc1Cl. The molecule has 0 fully saturated rings. The van der Waals surface area contributed by atoms with Crippen LogP contribution in [0.4, 0.5) is 0 Å². The Kier molecular flexibility index (Phi) is 5.86. The summed E-state index contributed by atoms with van der Waals surface area (Å²) in [4.78, 5) is 0. The Morgan fingerprint density at radius 3 is 2.61 bits per heavy atom. The van der Waals surface area contributed by atoms with Gasteiger partial charge in [-0.15, -0.1) is 0 Å². The average molecular weight is 268 g/mol. The summed E-state index contributed by atoms with van der Waals surface area (Å²) in [6, 6.07) is 7.72. The van der Waals surface area contributed by atoms with Crippen LogP contribution in [0.15, 0.2) is 36.4 Å². The third-order valence-electron chi connectivity index (χ3n) is 2.39. The van der Waals surface area contributed by atoms with Crippen molar-refractivity contribution in [1.82, 2.24) is 5.32 Å². The van der Waals surface area contributed by atoms with Gasteiger partial charge in [0.15, 0.2) is 0 Å². The highest BCUT2D eigenvalue weighted by molar-refractivity contribution is 6.31. The normalized spacial score (nSPS) is 11.6. The maximum atomic E-state index is 6.05. The molecule has 0 aliphatic carbocycles. The fourth-order valence-electron chi connectivity index (χ4n) is 1.36. The standard InChI is InChI=1S/C15H22ClNO/c1-12(9-17-15(2,3)4)10-18-11-13-7-5-6-8-14(13)16/h5-8,17H,1,9-11H2,2-4H3. The van der Waals surface area contributed by atoms with E-state index < -0.39 is 0 Å². The second-order valence-electron chi connectivity index (χ2n) is 5.44. The molecule has 0 saturated carbocycles. The highest BCUT2D eigenvalue weighted by Gasteiger charge is 2.08. The van der Waals surface area contributed by atoms with Crippen molar-refractivity contribution in [2.75, 3.05) is 13.2 Å². The molecular weight excluding hydrogens is 246 g/mol. The van der Waals surface area contributed by atoms with Crippen LogP contribution < -0.4 is 5.32 Å². The molecule has 0 aliphatic rings. The molecule has 0 spiro atoms. The van der Waals surface area contributed by atoms with Crippen molar-refractivity contribution in [2.45, 2.75) is 32.9 Å². The van der Waals surface area contributed by atoms with E-state index in [0.29, 0.717) is 13.2 Å². The number of hydrogen-bond acceptors (Lipinski definition) is 2. The van der Waals surface area contributed by atoms with E-state index in [2.05, 4.69) is 32.7 Å². The zero-order chi connectivity index (χ0) is 13.6. The molecule has 18 heavy (non-hydrogen) atoms. The van der Waals surface area contributed by atoms with Crippen LogP contribution in [0.2, 0.25) is 5.02 Å². The first kappa shape index (κ1) is 15.2. The van der Waals surface area contributed by atoms with Gasteiger partial charge >= 0.3 is 0 Å². The molecule has 0 atom stereocenters. The molecule has 0 aliphatic heterocycles. The summed E-state index contributed by atoms with van der Waals surface area (Å²) in [5, 5.41) is 4.12. The number of rotatable bonds is 6. The molecular formula is C15H22ClNO. The lowest BCUT2D eigenvalue weighted by Gasteiger charge is -2.21. The van der Waals surface area contributed by atoms with E-state index in [1.54, 1.807) is 0 Å². The maximum Gasteiger partial charge on any atom is 0.0735 e. The molecule has 0 heterocycles. The van der Waals surface area contributed by atoms with E-state index in [9.17, 15) is 0 Å². The molecule has 0 amide bonds. The van der Waals surface area contributed by atoms with E-state index in [-0.39, 0.29) is 5.54 Å². The van der Waals surface area contributed by atoms with E-state index in [0.717, 1.165) is 22.7 Å². The van der Waals surface area contributed by atoms with Crippen LogP contribution in [-0.2, 0) is 11.3 Å². The molecule has 0 radical (unpaired) electrons. The number of nitrogens with one attached hydrogen (secondary N) is 1. The Labute approximate surface area is 115 Å². The van der Waals surface area contributed by atoms with Gasteiger partial charge in [0, 0.05) is 17.1 Å². The van der Waals surface area contributed by atoms with Crippen molar-refractivity contribution in [3.05, 3.63) is 47.0 Å². The average Bonchev–Trinajstić information content (AvgIpc) is 2.28. The summed E-state index contributed by atoms with van der Waals surface area (Å²) in [7, 11) is 0. The van der Waals surface area contributed by atoms with Crippen LogP contribution >= 0.6 is 11.6 Å². The van der Waals surface area contributed by atoms with Gasteiger partial charge in [0.2, 0.25) is 0 Å². The molecule has 1 aromatic carbocycles. The van der Waals surface area contributed by atoms with Crippen LogP contribution in [0, 0.1) is 0 Å². The fourth-order valence-corrected chi connectivity index (χ4v) is 1.55. The lowest BCUT2D eigenvalue weighted by molar-refractivity contribution is 0.141. The number of halogens is 1. The van der Waals surface area contributed by atoms with E-state index >= 15 is 0 Å². The minimum Gasteiger partial charge on any atom is -0.372 e. The van der Waals surface area contributed by atoms with Gasteiger partial charge in [0.25, 0.3) is 0 Å². The van der Waals surface area contributed by atoms with E-state index in [4.69, 9.17) is 16.3 Å². The summed E-state index contributed by atoms with van der Waals surface area (Å²) in [5.41, 5.74) is 2.15. The van der Waals surface area contributed by atoms with Crippen LogP contribution in [0.25, 0.3) is 0 Å². The van der Waals surface area contributed by atoms with Crippen molar-refractivity contribution in [2.24, 2.45) is 0 Å². The third kappa shape index (κ3) is 6.20. The van der Waals surface area contributed by atoms with Crippen LogP contribution in [0.5, 0.6) is 0 Å². The Hall–Kier alpha value is -0.830. The molecule has 0 aromatic heterocycles. The first-order valence-corrected chi connectivity index (χ1v) is 6.49. The van der Waals surface area contributed by atoms with Crippen LogP contribution in [0.3, 0.4) is 0 Å². The predicted molar refractivity (Wildman–Crippen MR) is 78.0 cm³/mol. The van der Waals surface area contributed by atoms with Gasteiger partial charge < -0.3 is 10.1 Å². The number of benzene rings is 1. The Bertz CT molecular complexity index is 396. The van der Waals surface area contributed by atoms with Gasteiger partial charge in [-0.25, -0.2) is 0 Å². The maximum absolute atomic E-state index is 6.05. The fraction of sp³-hybridized carbons (Fsp3) is 0.467. The molecule has 1 N–H and O–H groups in total. The second-order valence-corrected chi connectivity index (χ2v) is 5.84. The molecule has 1 aromatic rings. The second kappa shape index (κ2) is 6.93. The van der Waals surface area contributed by atoms with Gasteiger partial charge in [0.1, 0.15) is 0 Å². The molecule has 0 unspecified atom stereocenters. The lowest BCUT2D eigenvalue weighted by atomic mass is 10.1. The third-order valence-corrected chi connectivity index (χ3v) is 2.76. The minimum atomic E-state index is 0.103. The summed E-state index contributed by atoms with van der Waals surface area (Å²) >= 11 is 6.05. The lowest BCUT2D eigenvalue weighted by Crippen LogP contribution is -2.37. The van der Waals surface area contributed by atoms with Crippen molar-refractivity contribution >= 4 is 11.6 Å². The van der Waals surface area contributed by atoms with Crippen molar-refractivity contribution < 1.29 is 4.74 Å². The van der Waals surface area contributed by atoms with Crippen molar-refractivity contribution in [3.8, 4) is 0 Å². The molecule has 1 rings (SSSR count). The largest absolute Gasteiger partial charge is 0.372 e. The van der Waals surface area contributed by atoms with E-state index in [1.165, 1.54) is 0 Å². The minimum absolute atomic E-state index is 0.103. The summed E-state index contributed by atoms with van der Waals surface area (Å²) < 4.78 is 5.60. The van der Waals surface area contributed by atoms with Crippen LogP contribution in [-0.4, -0.2) is 18.7 Å². The highest BCUT2D eigenvalue weighted by Crippen LogP contribution is 2.15.